The maximum atomic E-state index is 8.07. The van der Waals surface area contributed by atoms with Crippen molar-refractivity contribution in [2.75, 3.05) is 26.4 Å². The Kier molecular flexibility index (Phi) is 101. The fraction of sp³-hybridized carbons (Fsp3) is 1.00. The van der Waals surface area contributed by atoms with Crippen molar-refractivity contribution in [2.45, 2.75) is 79.1 Å². The van der Waals surface area contributed by atoms with Gasteiger partial charge >= 0.3 is 23.1 Å². The van der Waals surface area contributed by atoms with Crippen LogP contribution in [0.2, 0.25) is 0 Å². The number of aliphatic hydroxyl groups is 4. The van der Waals surface area contributed by atoms with Gasteiger partial charge < -0.3 is 20.4 Å². The van der Waals surface area contributed by atoms with Crippen LogP contribution >= 0.6 is 0 Å². The first-order valence-corrected chi connectivity index (χ1v) is 8.09. The molecular weight excluding hydrogens is 328 g/mol. The Morgan fingerprint density at radius 3 is 0.591 bits per heavy atom. The molecule has 0 spiro atoms. The second kappa shape index (κ2) is 57.2. The molecule has 0 aromatic heterocycles. The molecule has 0 unspecified atom stereocenters. The van der Waals surface area contributed by atoms with Crippen molar-refractivity contribution < 1.29 is 42.1 Å². The zero-order valence-corrected chi connectivity index (χ0v) is 16.3. The van der Waals surface area contributed by atoms with E-state index in [0.29, 0.717) is 26.4 Å². The van der Waals surface area contributed by atoms with Gasteiger partial charge in [0.05, 0.1) is 0 Å². The summed E-state index contributed by atoms with van der Waals surface area (Å²) in [5.74, 6) is 0. The molecule has 22 heavy (non-hydrogen) atoms. The third kappa shape index (κ3) is 101. The first-order valence-electron chi connectivity index (χ1n) is 8.09. The second-order valence-corrected chi connectivity index (χ2v) is 4.31. The van der Waals surface area contributed by atoms with Gasteiger partial charge in [0, 0.05) is 48.1 Å². The fourth-order valence-corrected chi connectivity index (χ4v) is 0.632. The fourth-order valence-electron chi connectivity index (χ4n) is 0.632. The summed E-state index contributed by atoms with van der Waals surface area (Å²) in [4.78, 5) is 0. The van der Waals surface area contributed by atoms with Crippen molar-refractivity contribution in [2.24, 2.45) is 0 Å². The van der Waals surface area contributed by atoms with Gasteiger partial charge in [-0.3, -0.25) is 0 Å². The summed E-state index contributed by atoms with van der Waals surface area (Å²) in [5.41, 5.74) is 0. The molecule has 136 valence electrons. The molecule has 0 rings (SSSR count). The minimum atomic E-state index is 0. The molecule has 0 atom stereocenters. The Morgan fingerprint density at radius 2 is 0.591 bits per heavy atom. The predicted octanol–water partition coefficient (Wildman–Crippen LogP) is 2.20. The van der Waals surface area contributed by atoms with E-state index in [0.717, 1.165) is 51.4 Å². The first kappa shape index (κ1) is 38.7. The zero-order chi connectivity index (χ0) is 16.5. The Bertz CT molecular complexity index is 80.1. The van der Waals surface area contributed by atoms with Gasteiger partial charge in [-0.15, -0.1) is 0 Å². The summed E-state index contributed by atoms with van der Waals surface area (Å²) in [6.07, 6.45) is 8.15. The van der Waals surface area contributed by atoms with Crippen LogP contribution < -0.4 is 0 Å². The van der Waals surface area contributed by atoms with E-state index in [1.54, 1.807) is 0 Å². The molecule has 0 amide bonds. The molecule has 4 nitrogen and oxygen atoms in total. The van der Waals surface area contributed by atoms with Crippen LogP contribution in [0.5, 0.6) is 0 Å². The van der Waals surface area contributed by atoms with Crippen LogP contribution in [0.15, 0.2) is 0 Å². The smallest absolute Gasteiger partial charge is 0.316 e. The predicted molar refractivity (Wildman–Crippen MR) is 96.5 cm³/mol. The van der Waals surface area contributed by atoms with Crippen molar-refractivity contribution in [3.05, 3.63) is 0 Å². The van der Waals surface area contributed by atoms with Gasteiger partial charge in [0.25, 0.3) is 0 Å². The van der Waals surface area contributed by atoms with Gasteiger partial charge in [-0.1, -0.05) is 53.4 Å². The summed E-state index contributed by atoms with van der Waals surface area (Å²) in [6.45, 7) is 9.58. The number of rotatable bonds is 8. The molecule has 0 radical (unpaired) electrons. The third-order valence-electron chi connectivity index (χ3n) is 2.05. The summed E-state index contributed by atoms with van der Waals surface area (Å²) < 4.78 is 0. The van der Waals surface area contributed by atoms with Gasteiger partial charge in [-0.2, -0.15) is 0 Å². The van der Waals surface area contributed by atoms with E-state index < -0.39 is 0 Å². The van der Waals surface area contributed by atoms with Crippen molar-refractivity contribution in [1.29, 1.82) is 0 Å². The molecule has 6 heteroatoms. The van der Waals surface area contributed by atoms with Crippen LogP contribution in [0, 0.1) is 0 Å². The van der Waals surface area contributed by atoms with Crippen LogP contribution in [-0.4, -0.2) is 69.9 Å². The first-order chi connectivity index (χ1) is 9.66. The average molecular weight is 371 g/mol. The van der Waals surface area contributed by atoms with Crippen LogP contribution in [0.3, 0.4) is 0 Å². The summed E-state index contributed by atoms with van der Waals surface area (Å²) in [6, 6.07) is 0. The quantitative estimate of drug-likeness (QED) is 0.494. The molecule has 0 heterocycles. The largest absolute Gasteiger partial charge is 0.396 e. The van der Waals surface area contributed by atoms with E-state index >= 15 is 0 Å². The van der Waals surface area contributed by atoms with Gasteiger partial charge in [-0.05, 0) is 25.7 Å². The van der Waals surface area contributed by atoms with Crippen LogP contribution in [0.25, 0.3) is 0 Å². The Balaban J connectivity index is -0.0000000376. The van der Waals surface area contributed by atoms with E-state index in [1.165, 1.54) is 0 Å². The van der Waals surface area contributed by atoms with Gasteiger partial charge in [0.1, 0.15) is 0 Å². The molecular formula is C16H42MgO4Ti. The van der Waals surface area contributed by atoms with E-state index in [4.69, 9.17) is 20.4 Å². The van der Waals surface area contributed by atoms with Gasteiger partial charge in [0.2, 0.25) is 0 Å². The molecule has 0 saturated carbocycles. The maximum absolute atomic E-state index is 8.07. The second-order valence-electron chi connectivity index (χ2n) is 4.31. The number of hydrogen-bond donors (Lipinski definition) is 4. The standard InChI is InChI=1S/4C4H10O.Mg.Ti.2H/c4*1-2-3-4-5;;;;/h4*5H,2-4H2,1H3;;;;. The molecule has 0 aliphatic carbocycles. The zero-order valence-electron chi connectivity index (χ0n) is 14.8. The summed E-state index contributed by atoms with van der Waals surface area (Å²) >= 11 is 0. The molecule has 0 aromatic rings. The maximum Gasteiger partial charge on any atom is 0.316 e. The van der Waals surface area contributed by atoms with Crippen LogP contribution in [0.1, 0.15) is 79.1 Å². The Labute approximate surface area is 170 Å². The summed E-state index contributed by atoms with van der Waals surface area (Å²) in [5, 5.41) is 32.3. The Hall–Kier alpha value is 1.32. The molecule has 0 aromatic carbocycles. The van der Waals surface area contributed by atoms with Crippen LogP contribution in [-0.2, 0) is 21.7 Å². The van der Waals surface area contributed by atoms with Gasteiger partial charge in [0.15, 0.2) is 0 Å². The van der Waals surface area contributed by atoms with Crippen molar-refractivity contribution in [1.82, 2.24) is 0 Å². The molecule has 0 aliphatic rings. The number of hydrogen-bond acceptors (Lipinski definition) is 4. The molecule has 0 bridgehead atoms. The third-order valence-corrected chi connectivity index (χ3v) is 2.05. The SMILES string of the molecule is CCCCO.CCCCO.CCCCO.CCCCO.[MgH2].[Ti]. The van der Waals surface area contributed by atoms with Crippen molar-refractivity contribution >= 4 is 23.1 Å². The average Bonchev–Trinajstić information content (AvgIpc) is 2.44. The van der Waals surface area contributed by atoms with Crippen LogP contribution in [0.4, 0.5) is 0 Å². The molecule has 0 saturated heterocycles. The monoisotopic (exact) mass is 370 g/mol. The number of aliphatic hydroxyl groups excluding tert-OH is 4. The van der Waals surface area contributed by atoms with E-state index in [2.05, 4.69) is 27.7 Å². The summed E-state index contributed by atoms with van der Waals surface area (Å²) in [7, 11) is 0. The minimum absolute atomic E-state index is 0. The topological polar surface area (TPSA) is 80.9 Å². The van der Waals surface area contributed by atoms with E-state index in [1.807, 2.05) is 0 Å². The molecule has 4 N–H and O–H groups in total. The van der Waals surface area contributed by atoms with E-state index in [9.17, 15) is 0 Å². The van der Waals surface area contributed by atoms with Crippen molar-refractivity contribution in [3.8, 4) is 0 Å². The molecule has 0 fully saturated rings. The number of unbranched alkanes of at least 4 members (excludes halogenated alkanes) is 4. The normalized spacial score (nSPS) is 7.64. The Morgan fingerprint density at radius 1 is 0.455 bits per heavy atom. The van der Waals surface area contributed by atoms with Gasteiger partial charge in [-0.25, -0.2) is 0 Å². The van der Waals surface area contributed by atoms with E-state index in [-0.39, 0.29) is 44.8 Å². The molecule has 0 aliphatic heterocycles. The van der Waals surface area contributed by atoms with Crippen molar-refractivity contribution in [3.63, 3.8) is 0 Å². The minimum Gasteiger partial charge on any atom is -0.396 e.